The Labute approximate surface area is 142 Å². The Morgan fingerprint density at radius 3 is 2.54 bits per heavy atom. The molecule has 2 atom stereocenters. The predicted octanol–water partition coefficient (Wildman–Crippen LogP) is 2.49. The molecule has 0 aromatic heterocycles. The third-order valence-electron chi connectivity index (χ3n) is 3.99. The van der Waals surface area contributed by atoms with E-state index in [-0.39, 0.29) is 12.6 Å². The molecular weight excluding hydrogens is 308 g/mol. The Morgan fingerprint density at radius 1 is 1.29 bits per heavy atom. The Hall–Kier alpha value is -2.08. The summed E-state index contributed by atoms with van der Waals surface area (Å²) in [7, 11) is 0. The van der Waals surface area contributed by atoms with Crippen LogP contribution in [0.3, 0.4) is 0 Å². The molecule has 2 rings (SSSR count). The van der Waals surface area contributed by atoms with Gasteiger partial charge in [0.15, 0.2) is 0 Å². The standard InChI is InChI=1S/C18H26N2O4/c1-18(2,3)24-17(23)20-10-9-15(14(12-20)16(21)22)19-11-13-7-5-4-6-8-13/h4-8,14-15,19H,9-12H2,1-3H3,(H,21,22)/t14-,15-/m0/s1. The molecule has 0 saturated carbocycles. The smallest absolute Gasteiger partial charge is 0.410 e. The zero-order chi connectivity index (χ0) is 17.7. The van der Waals surface area contributed by atoms with Gasteiger partial charge in [0.25, 0.3) is 0 Å². The van der Waals surface area contributed by atoms with Crippen LogP contribution in [0, 0.1) is 5.92 Å². The van der Waals surface area contributed by atoms with Gasteiger partial charge < -0.3 is 20.1 Å². The predicted molar refractivity (Wildman–Crippen MR) is 90.6 cm³/mol. The number of nitrogens with one attached hydrogen (secondary N) is 1. The van der Waals surface area contributed by atoms with E-state index < -0.39 is 23.6 Å². The highest BCUT2D eigenvalue weighted by Gasteiger charge is 2.37. The van der Waals surface area contributed by atoms with Crippen molar-refractivity contribution in [3.8, 4) is 0 Å². The van der Waals surface area contributed by atoms with Gasteiger partial charge in [-0.15, -0.1) is 0 Å². The lowest BCUT2D eigenvalue weighted by Crippen LogP contribution is -2.54. The number of aliphatic carboxylic acids is 1. The fourth-order valence-corrected chi connectivity index (χ4v) is 2.78. The number of nitrogens with zero attached hydrogens (tertiary/aromatic N) is 1. The normalized spacial score (nSPS) is 21.4. The van der Waals surface area contributed by atoms with Crippen LogP contribution in [0.25, 0.3) is 0 Å². The van der Waals surface area contributed by atoms with Gasteiger partial charge in [-0.3, -0.25) is 4.79 Å². The van der Waals surface area contributed by atoms with E-state index in [2.05, 4.69) is 5.32 Å². The van der Waals surface area contributed by atoms with E-state index in [9.17, 15) is 14.7 Å². The first-order valence-corrected chi connectivity index (χ1v) is 8.24. The van der Waals surface area contributed by atoms with E-state index >= 15 is 0 Å². The molecule has 1 saturated heterocycles. The number of piperidine rings is 1. The fraction of sp³-hybridized carbons (Fsp3) is 0.556. The first kappa shape index (κ1) is 18.3. The van der Waals surface area contributed by atoms with Gasteiger partial charge in [0.05, 0.1) is 5.92 Å². The van der Waals surface area contributed by atoms with E-state index in [0.29, 0.717) is 19.5 Å². The molecule has 0 bridgehead atoms. The van der Waals surface area contributed by atoms with Gasteiger partial charge >= 0.3 is 12.1 Å². The highest BCUT2D eigenvalue weighted by molar-refractivity contribution is 5.74. The number of ether oxygens (including phenoxy) is 1. The van der Waals surface area contributed by atoms with Gasteiger partial charge in [-0.2, -0.15) is 0 Å². The second-order valence-electron chi connectivity index (χ2n) is 7.13. The summed E-state index contributed by atoms with van der Waals surface area (Å²) in [6, 6.07) is 9.69. The monoisotopic (exact) mass is 334 g/mol. The molecule has 1 aliphatic heterocycles. The van der Waals surface area contributed by atoms with Gasteiger partial charge in [-0.25, -0.2) is 4.79 Å². The zero-order valence-electron chi connectivity index (χ0n) is 14.5. The average molecular weight is 334 g/mol. The summed E-state index contributed by atoms with van der Waals surface area (Å²) in [6.45, 7) is 6.67. The van der Waals surface area contributed by atoms with E-state index in [0.717, 1.165) is 5.56 Å². The largest absolute Gasteiger partial charge is 0.481 e. The van der Waals surface area contributed by atoms with Crippen LogP contribution in [0.1, 0.15) is 32.8 Å². The summed E-state index contributed by atoms with van der Waals surface area (Å²) in [4.78, 5) is 25.3. The van der Waals surface area contributed by atoms with Crippen LogP contribution < -0.4 is 5.32 Å². The number of amides is 1. The molecule has 6 heteroatoms. The fourth-order valence-electron chi connectivity index (χ4n) is 2.78. The number of carbonyl (C=O) groups is 2. The molecule has 0 radical (unpaired) electrons. The Bertz CT molecular complexity index is 568. The molecule has 1 amide bonds. The molecule has 0 aliphatic carbocycles. The second-order valence-corrected chi connectivity index (χ2v) is 7.13. The van der Waals surface area contributed by atoms with Crippen molar-refractivity contribution in [1.82, 2.24) is 10.2 Å². The van der Waals surface area contributed by atoms with Crippen LogP contribution in [0.15, 0.2) is 30.3 Å². The summed E-state index contributed by atoms with van der Waals surface area (Å²) in [5, 5.41) is 12.8. The number of hydrogen-bond acceptors (Lipinski definition) is 4. The maximum atomic E-state index is 12.2. The van der Waals surface area contributed by atoms with E-state index in [1.54, 1.807) is 20.8 Å². The maximum Gasteiger partial charge on any atom is 0.410 e. The lowest BCUT2D eigenvalue weighted by molar-refractivity contribution is -0.144. The van der Waals surface area contributed by atoms with Crippen LogP contribution in [-0.4, -0.2) is 46.8 Å². The first-order chi connectivity index (χ1) is 11.3. The Balaban J connectivity index is 1.95. The molecule has 24 heavy (non-hydrogen) atoms. The minimum absolute atomic E-state index is 0.163. The van der Waals surface area contributed by atoms with Crippen molar-refractivity contribution in [2.75, 3.05) is 13.1 Å². The third kappa shape index (κ3) is 5.23. The molecule has 6 nitrogen and oxygen atoms in total. The summed E-state index contributed by atoms with van der Waals surface area (Å²) in [6.07, 6.45) is 0.138. The lowest BCUT2D eigenvalue weighted by Gasteiger charge is -2.37. The number of carboxylic acid groups (broad SMARTS) is 1. The molecule has 1 fully saturated rings. The van der Waals surface area contributed by atoms with E-state index in [1.807, 2.05) is 30.3 Å². The van der Waals surface area contributed by atoms with Crippen LogP contribution in [-0.2, 0) is 16.1 Å². The van der Waals surface area contributed by atoms with Crippen LogP contribution in [0.2, 0.25) is 0 Å². The van der Waals surface area contributed by atoms with E-state index in [1.165, 1.54) is 4.90 Å². The lowest BCUT2D eigenvalue weighted by atomic mass is 9.92. The molecule has 1 aromatic rings. The molecule has 1 aromatic carbocycles. The minimum Gasteiger partial charge on any atom is -0.481 e. The zero-order valence-corrected chi connectivity index (χ0v) is 14.5. The molecule has 1 heterocycles. The number of likely N-dealkylation sites (tertiary alicyclic amines) is 1. The van der Waals surface area contributed by atoms with Gasteiger partial charge in [-0.1, -0.05) is 30.3 Å². The summed E-state index contributed by atoms with van der Waals surface area (Å²) in [5.74, 6) is -1.54. The summed E-state index contributed by atoms with van der Waals surface area (Å²) < 4.78 is 5.34. The number of carbonyl (C=O) groups excluding carboxylic acids is 1. The first-order valence-electron chi connectivity index (χ1n) is 8.24. The molecule has 2 N–H and O–H groups in total. The third-order valence-corrected chi connectivity index (χ3v) is 3.99. The molecule has 132 valence electrons. The molecular formula is C18H26N2O4. The number of carboxylic acids is 1. The number of benzene rings is 1. The Morgan fingerprint density at radius 2 is 1.96 bits per heavy atom. The van der Waals surface area contributed by atoms with Crippen LogP contribution in [0.5, 0.6) is 0 Å². The van der Waals surface area contributed by atoms with Gasteiger partial charge in [0.2, 0.25) is 0 Å². The maximum absolute atomic E-state index is 12.2. The SMILES string of the molecule is CC(C)(C)OC(=O)N1CC[C@H](NCc2ccccc2)[C@@H](C(=O)O)C1. The van der Waals surface area contributed by atoms with Crippen molar-refractivity contribution in [2.45, 2.75) is 45.4 Å². The average Bonchev–Trinajstić information content (AvgIpc) is 2.52. The highest BCUT2D eigenvalue weighted by Crippen LogP contribution is 2.21. The van der Waals surface area contributed by atoms with E-state index in [4.69, 9.17) is 4.74 Å². The highest BCUT2D eigenvalue weighted by atomic mass is 16.6. The van der Waals surface area contributed by atoms with Crippen molar-refractivity contribution in [3.63, 3.8) is 0 Å². The van der Waals surface area contributed by atoms with Gasteiger partial charge in [0.1, 0.15) is 5.60 Å². The summed E-state index contributed by atoms with van der Waals surface area (Å²) >= 11 is 0. The quantitative estimate of drug-likeness (QED) is 0.884. The second kappa shape index (κ2) is 7.66. The molecule has 0 spiro atoms. The topological polar surface area (TPSA) is 78.9 Å². The number of hydrogen-bond donors (Lipinski definition) is 2. The van der Waals surface area contributed by atoms with Crippen LogP contribution in [0.4, 0.5) is 4.79 Å². The van der Waals surface area contributed by atoms with Crippen molar-refractivity contribution < 1.29 is 19.4 Å². The number of rotatable bonds is 4. The molecule has 1 aliphatic rings. The Kier molecular flexibility index (Phi) is 5.83. The molecule has 0 unspecified atom stereocenters. The van der Waals surface area contributed by atoms with Crippen molar-refractivity contribution in [2.24, 2.45) is 5.92 Å². The van der Waals surface area contributed by atoms with Crippen LogP contribution >= 0.6 is 0 Å². The van der Waals surface area contributed by atoms with Crippen molar-refractivity contribution >= 4 is 12.1 Å². The summed E-state index contributed by atoms with van der Waals surface area (Å²) in [5.41, 5.74) is 0.522. The minimum atomic E-state index is -0.895. The van der Waals surface area contributed by atoms with Gasteiger partial charge in [0, 0.05) is 25.7 Å². The van der Waals surface area contributed by atoms with Crippen molar-refractivity contribution in [3.05, 3.63) is 35.9 Å². The van der Waals surface area contributed by atoms with Crippen molar-refractivity contribution in [1.29, 1.82) is 0 Å². The van der Waals surface area contributed by atoms with Gasteiger partial charge in [-0.05, 0) is 32.8 Å².